The van der Waals surface area contributed by atoms with Gasteiger partial charge in [0.1, 0.15) is 0 Å². The molecule has 0 saturated carbocycles. The number of nitrogens with one attached hydrogen (secondary N) is 1. The smallest absolute Gasteiger partial charge is 0.0415 e. The fourth-order valence-corrected chi connectivity index (χ4v) is 1.71. The van der Waals surface area contributed by atoms with Crippen LogP contribution in [-0.4, -0.2) is 0 Å². The predicted molar refractivity (Wildman–Crippen MR) is 65.2 cm³/mol. The molecule has 1 aliphatic rings. The Labute approximate surface area is 91.5 Å². The quantitative estimate of drug-likeness (QED) is 0.730. The third kappa shape index (κ3) is 2.12. The van der Waals surface area contributed by atoms with Gasteiger partial charge in [-0.15, -0.1) is 0 Å². The summed E-state index contributed by atoms with van der Waals surface area (Å²) in [6, 6.07) is 8.58. The van der Waals surface area contributed by atoms with Crippen molar-refractivity contribution in [2.75, 3.05) is 0 Å². The molecule has 0 bridgehead atoms. The summed E-state index contributed by atoms with van der Waals surface area (Å²) in [7, 11) is 0. The third-order valence-electron chi connectivity index (χ3n) is 2.93. The van der Waals surface area contributed by atoms with Crippen molar-refractivity contribution in [2.45, 2.75) is 20.3 Å². The number of benzene rings is 1. The molecule has 0 aromatic heterocycles. The lowest BCUT2D eigenvalue weighted by Crippen LogP contribution is -2.20. The molecule has 0 aliphatic carbocycles. The molecule has 0 radical (unpaired) electrons. The molecule has 0 amide bonds. The summed E-state index contributed by atoms with van der Waals surface area (Å²) in [6.07, 6.45) is 3.33. The number of rotatable bonds is 1. The van der Waals surface area contributed by atoms with Gasteiger partial charge >= 0.3 is 0 Å². The Morgan fingerprint density at radius 1 is 1.27 bits per heavy atom. The molecule has 0 spiro atoms. The summed E-state index contributed by atoms with van der Waals surface area (Å²) in [6.45, 7) is 8.33. The molecular formula is C14H17N. The van der Waals surface area contributed by atoms with Gasteiger partial charge in [0.2, 0.25) is 0 Å². The maximum atomic E-state index is 4.04. The lowest BCUT2D eigenvalue weighted by atomic mass is 9.97. The molecule has 78 valence electrons. The standard InChI is InChI=1S/C14H17N/c1-10-4-7-13(8-5-10)14-9-6-11(2)12(3)15-14/h4-5,7-9,11,15H,3,6H2,1-2H3. The van der Waals surface area contributed by atoms with E-state index >= 15 is 0 Å². The maximum Gasteiger partial charge on any atom is 0.0415 e. The molecular weight excluding hydrogens is 182 g/mol. The monoisotopic (exact) mass is 199 g/mol. The highest BCUT2D eigenvalue weighted by Gasteiger charge is 2.13. The van der Waals surface area contributed by atoms with Crippen LogP contribution in [0.5, 0.6) is 0 Å². The average molecular weight is 199 g/mol. The van der Waals surface area contributed by atoms with Crippen molar-refractivity contribution in [3.63, 3.8) is 0 Å². The topological polar surface area (TPSA) is 12.0 Å². The van der Waals surface area contributed by atoms with Crippen LogP contribution in [-0.2, 0) is 0 Å². The van der Waals surface area contributed by atoms with Crippen LogP contribution < -0.4 is 5.32 Å². The van der Waals surface area contributed by atoms with Crippen LogP contribution in [0.1, 0.15) is 24.5 Å². The first-order valence-corrected chi connectivity index (χ1v) is 5.40. The van der Waals surface area contributed by atoms with Crippen LogP contribution in [0.4, 0.5) is 0 Å². The Morgan fingerprint density at radius 3 is 2.53 bits per heavy atom. The zero-order valence-electron chi connectivity index (χ0n) is 9.38. The molecule has 1 aromatic carbocycles. The molecule has 1 atom stereocenters. The summed E-state index contributed by atoms with van der Waals surface area (Å²) in [5.41, 5.74) is 4.85. The molecule has 1 N–H and O–H groups in total. The first-order chi connectivity index (χ1) is 7.16. The molecule has 1 unspecified atom stereocenters. The number of aryl methyl sites for hydroxylation is 1. The summed E-state index contributed by atoms with van der Waals surface area (Å²) in [5.74, 6) is 0.541. The van der Waals surface area contributed by atoms with Gasteiger partial charge in [-0.25, -0.2) is 0 Å². The Balaban J connectivity index is 2.25. The van der Waals surface area contributed by atoms with Gasteiger partial charge in [-0.2, -0.15) is 0 Å². The predicted octanol–water partition coefficient (Wildman–Crippen LogP) is 3.48. The van der Waals surface area contributed by atoms with Crippen molar-refractivity contribution < 1.29 is 0 Å². The van der Waals surface area contributed by atoms with E-state index in [9.17, 15) is 0 Å². The molecule has 2 rings (SSSR count). The second kappa shape index (κ2) is 3.93. The highest BCUT2D eigenvalue weighted by molar-refractivity contribution is 5.66. The minimum Gasteiger partial charge on any atom is -0.359 e. The molecule has 1 nitrogen and oxygen atoms in total. The first-order valence-electron chi connectivity index (χ1n) is 5.40. The molecule has 0 fully saturated rings. The fraction of sp³-hybridized carbons (Fsp3) is 0.286. The third-order valence-corrected chi connectivity index (χ3v) is 2.93. The minimum atomic E-state index is 0.541. The average Bonchev–Trinajstić information content (AvgIpc) is 2.23. The second-order valence-electron chi connectivity index (χ2n) is 4.27. The molecule has 1 heteroatoms. The van der Waals surface area contributed by atoms with Crippen LogP contribution in [0.25, 0.3) is 5.70 Å². The molecule has 1 heterocycles. The molecule has 1 aliphatic heterocycles. The zero-order chi connectivity index (χ0) is 10.8. The van der Waals surface area contributed by atoms with Gasteiger partial charge in [0, 0.05) is 11.4 Å². The van der Waals surface area contributed by atoms with E-state index in [2.05, 4.69) is 56.1 Å². The number of allylic oxidation sites excluding steroid dienone is 2. The lowest BCUT2D eigenvalue weighted by molar-refractivity contribution is 0.641. The van der Waals surface area contributed by atoms with Gasteiger partial charge in [0.25, 0.3) is 0 Å². The van der Waals surface area contributed by atoms with E-state index in [1.54, 1.807) is 0 Å². The van der Waals surface area contributed by atoms with E-state index in [0.717, 1.165) is 12.1 Å². The van der Waals surface area contributed by atoms with Crippen molar-refractivity contribution in [3.8, 4) is 0 Å². The van der Waals surface area contributed by atoms with Crippen LogP contribution >= 0.6 is 0 Å². The van der Waals surface area contributed by atoms with E-state index in [4.69, 9.17) is 0 Å². The Morgan fingerprint density at radius 2 is 1.93 bits per heavy atom. The molecule has 0 saturated heterocycles. The van der Waals surface area contributed by atoms with E-state index in [0.29, 0.717) is 5.92 Å². The lowest BCUT2D eigenvalue weighted by Gasteiger charge is -2.23. The van der Waals surface area contributed by atoms with E-state index < -0.39 is 0 Å². The minimum absolute atomic E-state index is 0.541. The molecule has 1 aromatic rings. The normalized spacial score (nSPS) is 20.8. The van der Waals surface area contributed by atoms with Crippen LogP contribution in [0.3, 0.4) is 0 Å². The summed E-state index contributed by atoms with van der Waals surface area (Å²) in [5, 5.41) is 3.37. The van der Waals surface area contributed by atoms with E-state index in [1.807, 2.05) is 0 Å². The van der Waals surface area contributed by atoms with Gasteiger partial charge in [0.15, 0.2) is 0 Å². The van der Waals surface area contributed by atoms with Gasteiger partial charge in [-0.05, 0) is 24.8 Å². The van der Waals surface area contributed by atoms with Gasteiger partial charge in [0.05, 0.1) is 0 Å². The SMILES string of the molecule is C=C1NC(c2ccc(C)cc2)=CCC1C. The van der Waals surface area contributed by atoms with Crippen LogP contribution in [0, 0.1) is 12.8 Å². The maximum absolute atomic E-state index is 4.04. The Hall–Kier alpha value is -1.50. The van der Waals surface area contributed by atoms with Gasteiger partial charge in [-0.1, -0.05) is 49.4 Å². The zero-order valence-corrected chi connectivity index (χ0v) is 9.38. The largest absolute Gasteiger partial charge is 0.359 e. The van der Waals surface area contributed by atoms with Crippen molar-refractivity contribution in [2.24, 2.45) is 5.92 Å². The van der Waals surface area contributed by atoms with Crippen molar-refractivity contribution in [1.82, 2.24) is 5.32 Å². The number of hydrogen-bond donors (Lipinski definition) is 1. The number of hydrogen-bond acceptors (Lipinski definition) is 1. The summed E-state index contributed by atoms with van der Waals surface area (Å²) >= 11 is 0. The summed E-state index contributed by atoms with van der Waals surface area (Å²) < 4.78 is 0. The van der Waals surface area contributed by atoms with E-state index in [1.165, 1.54) is 16.8 Å². The fourth-order valence-electron chi connectivity index (χ4n) is 1.71. The van der Waals surface area contributed by atoms with E-state index in [-0.39, 0.29) is 0 Å². The Bertz CT molecular complexity index is 398. The van der Waals surface area contributed by atoms with Crippen molar-refractivity contribution in [1.29, 1.82) is 0 Å². The second-order valence-corrected chi connectivity index (χ2v) is 4.27. The first kappa shape index (κ1) is 10.0. The van der Waals surface area contributed by atoms with Crippen molar-refractivity contribution >= 4 is 5.70 Å². The van der Waals surface area contributed by atoms with Crippen LogP contribution in [0.15, 0.2) is 42.6 Å². The van der Waals surface area contributed by atoms with Crippen molar-refractivity contribution in [3.05, 3.63) is 53.7 Å². The van der Waals surface area contributed by atoms with Gasteiger partial charge in [-0.3, -0.25) is 0 Å². The van der Waals surface area contributed by atoms with Gasteiger partial charge < -0.3 is 5.32 Å². The van der Waals surface area contributed by atoms with Crippen LogP contribution in [0.2, 0.25) is 0 Å². The summed E-state index contributed by atoms with van der Waals surface area (Å²) in [4.78, 5) is 0. The highest BCUT2D eigenvalue weighted by Crippen LogP contribution is 2.24. The Kier molecular flexibility index (Phi) is 2.63. The highest BCUT2D eigenvalue weighted by atomic mass is 14.9. The molecule has 15 heavy (non-hydrogen) atoms.